The highest BCUT2D eigenvalue weighted by molar-refractivity contribution is 6.08. The molecule has 0 aliphatic heterocycles. The minimum absolute atomic E-state index is 0.00896. The summed E-state index contributed by atoms with van der Waals surface area (Å²) in [4.78, 5) is 12.2. The van der Waals surface area contributed by atoms with Crippen LogP contribution in [-0.2, 0) is 0 Å². The summed E-state index contributed by atoms with van der Waals surface area (Å²) in [6, 6.07) is 13.7. The van der Waals surface area contributed by atoms with Crippen LogP contribution in [0.1, 0.15) is 22.8 Å². The predicted octanol–water partition coefficient (Wildman–Crippen LogP) is 5.51. The number of hydrogen-bond acceptors (Lipinski definition) is 2. The van der Waals surface area contributed by atoms with E-state index in [1.807, 2.05) is 0 Å². The number of ketones is 1. The zero-order valence-electron chi connectivity index (χ0n) is 12.9. The van der Waals surface area contributed by atoms with Crippen LogP contribution in [0.4, 0.5) is 8.78 Å². The molecule has 0 unspecified atom stereocenters. The van der Waals surface area contributed by atoms with E-state index in [9.17, 15) is 13.6 Å². The van der Waals surface area contributed by atoms with Gasteiger partial charge in [0.2, 0.25) is 0 Å². The van der Waals surface area contributed by atoms with Crippen LogP contribution < -0.4 is 0 Å². The molecule has 0 saturated heterocycles. The number of benzene rings is 2. The van der Waals surface area contributed by atoms with Crippen molar-refractivity contribution in [2.45, 2.75) is 6.92 Å². The van der Waals surface area contributed by atoms with Crippen molar-refractivity contribution in [2.75, 3.05) is 0 Å². The molecule has 0 aliphatic rings. The zero-order chi connectivity index (χ0) is 17.1. The Balaban J connectivity index is 1.89. The molecule has 0 aliphatic carbocycles. The number of carbonyl (C=O) groups is 1. The molecule has 0 saturated carbocycles. The molecular formula is C20H14F2O2. The normalized spacial score (nSPS) is 11.5. The Morgan fingerprint density at radius 1 is 1.00 bits per heavy atom. The van der Waals surface area contributed by atoms with Crippen LogP contribution in [0.3, 0.4) is 0 Å². The monoisotopic (exact) mass is 324 g/mol. The van der Waals surface area contributed by atoms with Gasteiger partial charge in [0.15, 0.2) is 5.78 Å². The van der Waals surface area contributed by atoms with Gasteiger partial charge in [0.25, 0.3) is 0 Å². The van der Waals surface area contributed by atoms with Crippen LogP contribution in [0.5, 0.6) is 0 Å². The molecule has 2 aromatic carbocycles. The van der Waals surface area contributed by atoms with Crippen LogP contribution in [-0.4, -0.2) is 5.78 Å². The van der Waals surface area contributed by atoms with E-state index in [0.717, 1.165) is 0 Å². The molecule has 1 heterocycles. The highest BCUT2D eigenvalue weighted by Gasteiger charge is 2.12. The van der Waals surface area contributed by atoms with Crippen molar-refractivity contribution < 1.29 is 18.0 Å². The summed E-state index contributed by atoms with van der Waals surface area (Å²) in [5.41, 5.74) is 1.60. The lowest BCUT2D eigenvalue weighted by molar-refractivity contribution is 0.104. The number of halogens is 2. The fourth-order valence-corrected chi connectivity index (χ4v) is 2.36. The summed E-state index contributed by atoms with van der Waals surface area (Å²) in [5, 5.41) is 0. The molecule has 0 N–H and O–H groups in total. The van der Waals surface area contributed by atoms with Crippen LogP contribution in [0.15, 0.2) is 71.4 Å². The third-order valence-corrected chi connectivity index (χ3v) is 3.68. The van der Waals surface area contributed by atoms with Gasteiger partial charge in [-0.2, -0.15) is 0 Å². The minimum Gasteiger partial charge on any atom is -0.464 e. The SMILES string of the molecule is C/C(=C\C(=O)c1ccccc1F)c1coc(-c2ccccc2F)c1. The van der Waals surface area contributed by atoms with Crippen molar-refractivity contribution in [3.05, 3.63) is 89.7 Å². The lowest BCUT2D eigenvalue weighted by Gasteiger charge is -2.00. The van der Waals surface area contributed by atoms with E-state index in [1.54, 1.807) is 37.3 Å². The minimum atomic E-state index is -0.564. The first-order chi connectivity index (χ1) is 11.6. The van der Waals surface area contributed by atoms with Crippen LogP contribution in [0.25, 0.3) is 16.9 Å². The van der Waals surface area contributed by atoms with Gasteiger partial charge in [-0.1, -0.05) is 24.3 Å². The van der Waals surface area contributed by atoms with E-state index >= 15 is 0 Å². The summed E-state index contributed by atoms with van der Waals surface area (Å²) in [6.07, 6.45) is 2.79. The van der Waals surface area contributed by atoms with Crippen molar-refractivity contribution in [3.8, 4) is 11.3 Å². The molecule has 0 amide bonds. The van der Waals surface area contributed by atoms with Gasteiger partial charge in [-0.25, -0.2) is 8.78 Å². The number of allylic oxidation sites excluding steroid dienone is 2. The Bertz CT molecular complexity index is 923. The number of rotatable bonds is 4. The second kappa shape index (κ2) is 6.62. The van der Waals surface area contributed by atoms with Gasteiger partial charge < -0.3 is 4.42 Å². The molecule has 2 nitrogen and oxygen atoms in total. The summed E-state index contributed by atoms with van der Waals surface area (Å²) in [6.45, 7) is 1.72. The van der Waals surface area contributed by atoms with Gasteiger partial charge in [-0.3, -0.25) is 4.79 Å². The Morgan fingerprint density at radius 2 is 1.67 bits per heavy atom. The first-order valence-corrected chi connectivity index (χ1v) is 7.37. The Labute approximate surface area is 138 Å². The molecule has 3 aromatic rings. The number of furan rings is 1. The Morgan fingerprint density at radius 3 is 2.38 bits per heavy atom. The van der Waals surface area contributed by atoms with Crippen molar-refractivity contribution in [2.24, 2.45) is 0 Å². The highest BCUT2D eigenvalue weighted by Crippen LogP contribution is 2.28. The van der Waals surface area contributed by atoms with Gasteiger partial charge in [0, 0.05) is 5.56 Å². The maximum absolute atomic E-state index is 13.8. The maximum Gasteiger partial charge on any atom is 0.189 e. The third-order valence-electron chi connectivity index (χ3n) is 3.68. The average molecular weight is 324 g/mol. The summed E-state index contributed by atoms with van der Waals surface area (Å²) in [7, 11) is 0. The molecule has 0 fully saturated rings. The van der Waals surface area contributed by atoms with Gasteiger partial charge in [0.05, 0.1) is 17.4 Å². The average Bonchev–Trinajstić information content (AvgIpc) is 3.05. The fraction of sp³-hybridized carbons (Fsp3) is 0.0500. The number of carbonyl (C=O) groups excluding carboxylic acids is 1. The largest absolute Gasteiger partial charge is 0.464 e. The van der Waals surface area contributed by atoms with E-state index in [-0.39, 0.29) is 11.4 Å². The first kappa shape index (κ1) is 15.9. The highest BCUT2D eigenvalue weighted by atomic mass is 19.1. The Kier molecular flexibility index (Phi) is 4.38. The van der Waals surface area contributed by atoms with E-state index in [2.05, 4.69) is 0 Å². The van der Waals surface area contributed by atoms with Gasteiger partial charge in [-0.15, -0.1) is 0 Å². The van der Waals surface area contributed by atoms with Crippen molar-refractivity contribution >= 4 is 11.4 Å². The molecule has 0 spiro atoms. The molecule has 4 heteroatoms. The van der Waals surface area contributed by atoms with Gasteiger partial charge in [-0.05, 0) is 48.9 Å². The summed E-state index contributed by atoms with van der Waals surface area (Å²) >= 11 is 0. The van der Waals surface area contributed by atoms with E-state index in [4.69, 9.17) is 4.42 Å². The van der Waals surface area contributed by atoms with Crippen LogP contribution in [0.2, 0.25) is 0 Å². The predicted molar refractivity (Wildman–Crippen MR) is 88.5 cm³/mol. The van der Waals surface area contributed by atoms with Crippen LogP contribution in [0, 0.1) is 11.6 Å². The molecule has 0 radical (unpaired) electrons. The lowest BCUT2D eigenvalue weighted by Crippen LogP contribution is -1.98. The van der Waals surface area contributed by atoms with E-state index < -0.39 is 11.6 Å². The molecule has 1 aromatic heterocycles. The fourth-order valence-electron chi connectivity index (χ4n) is 2.36. The molecule has 0 bridgehead atoms. The van der Waals surface area contributed by atoms with Gasteiger partial charge in [0.1, 0.15) is 17.4 Å². The maximum atomic E-state index is 13.8. The topological polar surface area (TPSA) is 30.2 Å². The third kappa shape index (κ3) is 3.18. The quantitative estimate of drug-likeness (QED) is 0.468. The molecule has 0 atom stereocenters. The van der Waals surface area contributed by atoms with E-state index in [1.165, 1.54) is 36.6 Å². The molecular weight excluding hydrogens is 310 g/mol. The van der Waals surface area contributed by atoms with Crippen molar-refractivity contribution in [1.82, 2.24) is 0 Å². The van der Waals surface area contributed by atoms with Crippen molar-refractivity contribution in [1.29, 1.82) is 0 Å². The van der Waals surface area contributed by atoms with Gasteiger partial charge >= 0.3 is 0 Å². The smallest absolute Gasteiger partial charge is 0.189 e. The Hall–Kier alpha value is -3.01. The molecule has 24 heavy (non-hydrogen) atoms. The first-order valence-electron chi connectivity index (χ1n) is 7.37. The number of hydrogen-bond donors (Lipinski definition) is 0. The zero-order valence-corrected chi connectivity index (χ0v) is 12.9. The standard InChI is InChI=1S/C20H14F2O2/c1-13(10-19(23)15-6-2-4-8-17(15)21)14-11-20(24-12-14)16-7-3-5-9-18(16)22/h2-12H,1H3/b13-10+. The lowest BCUT2D eigenvalue weighted by atomic mass is 10.0. The van der Waals surface area contributed by atoms with E-state index in [0.29, 0.717) is 22.5 Å². The second-order valence-corrected chi connectivity index (χ2v) is 5.35. The van der Waals surface area contributed by atoms with Crippen molar-refractivity contribution in [3.63, 3.8) is 0 Å². The summed E-state index contributed by atoms with van der Waals surface area (Å²) in [5.74, 6) is -1.01. The van der Waals surface area contributed by atoms with Crippen LogP contribution >= 0.6 is 0 Å². The molecule has 3 rings (SSSR count). The molecule has 120 valence electrons. The summed E-state index contributed by atoms with van der Waals surface area (Å²) < 4.78 is 32.8. The second-order valence-electron chi connectivity index (χ2n) is 5.35.